The Balaban J connectivity index is 0.000000871. The molecule has 0 spiro atoms. The summed E-state index contributed by atoms with van der Waals surface area (Å²) < 4.78 is 11.7. The maximum atomic E-state index is 12.3. The maximum Gasteiger partial charge on any atom is 0.270 e. The quantitative estimate of drug-likeness (QED) is 0.0966. The minimum Gasteiger partial charge on any atom is -0.545 e. The number of rotatable bonds is 14. The van der Waals surface area contributed by atoms with Crippen LogP contribution in [0.4, 0.5) is 11.4 Å². The van der Waals surface area contributed by atoms with E-state index >= 15 is 0 Å². The lowest BCUT2D eigenvalue weighted by molar-refractivity contribution is -0.385. The van der Waals surface area contributed by atoms with Crippen LogP contribution in [0.25, 0.3) is 0 Å². The number of ether oxygens (including phenoxy) is 2. The van der Waals surface area contributed by atoms with E-state index in [0.717, 1.165) is 25.9 Å². The van der Waals surface area contributed by atoms with Crippen LogP contribution in [0.3, 0.4) is 0 Å². The van der Waals surface area contributed by atoms with E-state index in [1.54, 1.807) is 23.9 Å². The predicted octanol–water partition coefficient (Wildman–Crippen LogP) is -6.11. The highest BCUT2D eigenvalue weighted by Gasteiger charge is 2.30. The van der Waals surface area contributed by atoms with Gasteiger partial charge in [-0.3, -0.25) is 29.8 Å². The van der Waals surface area contributed by atoms with Crippen molar-refractivity contribution in [1.29, 1.82) is 0 Å². The number of carbonyl (C=O) groups excluding carboxylic acids is 8. The molecule has 2 aliphatic heterocycles. The van der Waals surface area contributed by atoms with E-state index in [1.165, 1.54) is 36.4 Å². The fourth-order valence-electron chi connectivity index (χ4n) is 4.94. The molecule has 2 aliphatic rings. The molecule has 2 heterocycles. The largest absolute Gasteiger partial charge is 0.545 e. The molecule has 0 saturated carbocycles. The SMILES string of the molecule is CN(C)CCC1CN(C)C(=O)c2cc([N+](=O)[O-])ccc2O1.CN(C)CCC1CN(C)C(=O)c2cc([N+](=O)[O-])ccc2O1.O=C([O-])/C=C/C(=O)[O-].O=C([O-])/C=C/C(=O)[O-].O=C([O-])/C=C/C(=O)[O-]. The average Bonchev–Trinajstić information content (AvgIpc) is 3.42. The van der Waals surface area contributed by atoms with E-state index in [2.05, 4.69) is 0 Å². The van der Waals surface area contributed by atoms with Crippen molar-refractivity contribution in [3.8, 4) is 11.5 Å². The molecule has 2 atom stereocenters. The first-order valence-corrected chi connectivity index (χ1v) is 18.7. The van der Waals surface area contributed by atoms with Crippen molar-refractivity contribution in [2.75, 3.05) is 68.5 Å². The van der Waals surface area contributed by atoms with Gasteiger partial charge in [-0.05, 0) is 89.6 Å². The van der Waals surface area contributed by atoms with Crippen LogP contribution in [0.5, 0.6) is 11.5 Å². The highest BCUT2D eigenvalue weighted by molar-refractivity contribution is 5.98. The first-order chi connectivity index (χ1) is 30.6. The summed E-state index contributed by atoms with van der Waals surface area (Å²) >= 11 is 0. The van der Waals surface area contributed by atoms with Crippen LogP contribution in [-0.2, 0) is 28.8 Å². The Kier molecular flexibility index (Phi) is 25.5. The summed E-state index contributed by atoms with van der Waals surface area (Å²) in [4.78, 5) is 109. The Morgan fingerprint density at radius 1 is 0.561 bits per heavy atom. The number of aliphatic carboxylic acids is 6. The number of nitro groups is 2. The van der Waals surface area contributed by atoms with E-state index in [-0.39, 0.29) is 46.5 Å². The van der Waals surface area contributed by atoms with Gasteiger partial charge >= 0.3 is 0 Å². The van der Waals surface area contributed by atoms with Gasteiger partial charge in [-0.25, -0.2) is 0 Å². The molecule has 0 N–H and O–H groups in total. The van der Waals surface area contributed by atoms with Crippen molar-refractivity contribution in [3.05, 3.63) is 104 Å². The highest BCUT2D eigenvalue weighted by Crippen LogP contribution is 2.30. The molecule has 26 heteroatoms. The van der Waals surface area contributed by atoms with Crippen molar-refractivity contribution < 1.29 is 88.3 Å². The summed E-state index contributed by atoms with van der Waals surface area (Å²) in [6.07, 6.45) is 3.62. The van der Waals surface area contributed by atoms with E-state index in [9.17, 15) is 89.2 Å². The number of nitro benzene ring substituents is 2. The lowest BCUT2D eigenvalue weighted by Gasteiger charge is -2.22. The van der Waals surface area contributed by atoms with Gasteiger partial charge in [-0.1, -0.05) is 0 Å². The maximum absolute atomic E-state index is 12.3. The van der Waals surface area contributed by atoms with Crippen LogP contribution in [0.15, 0.2) is 72.9 Å². The molecule has 26 nitrogen and oxygen atoms in total. The van der Waals surface area contributed by atoms with Gasteiger partial charge < -0.3 is 88.5 Å². The Hall–Kier alpha value is -8.26. The second-order valence-electron chi connectivity index (χ2n) is 13.8. The molecule has 0 aliphatic carbocycles. The fourth-order valence-corrected chi connectivity index (χ4v) is 4.94. The van der Waals surface area contributed by atoms with Gasteiger partial charge in [-0.15, -0.1) is 0 Å². The zero-order valence-corrected chi connectivity index (χ0v) is 36.2. The second-order valence-corrected chi connectivity index (χ2v) is 13.8. The summed E-state index contributed by atoms with van der Waals surface area (Å²) in [5.41, 5.74) is 0.287. The zero-order valence-electron chi connectivity index (χ0n) is 36.2. The van der Waals surface area contributed by atoms with Crippen LogP contribution in [0.1, 0.15) is 33.6 Å². The second kappa shape index (κ2) is 29.2. The fraction of sp³-hybridized carbons (Fsp3) is 0.350. The molecule has 66 heavy (non-hydrogen) atoms. The summed E-state index contributed by atoms with van der Waals surface area (Å²) in [7, 11) is 11.3. The molecule has 360 valence electrons. The number of nitrogens with zero attached hydrogens (tertiary/aromatic N) is 6. The Morgan fingerprint density at radius 2 is 0.818 bits per heavy atom. The number of non-ortho nitro benzene ring substituents is 2. The van der Waals surface area contributed by atoms with Crippen LogP contribution < -0.4 is 40.1 Å². The molecule has 4 rings (SSSR count). The lowest BCUT2D eigenvalue weighted by atomic mass is 10.1. The third kappa shape index (κ3) is 24.4. The number of likely N-dealkylation sites (N-methyl/N-ethyl adjacent to an activating group) is 2. The number of amides is 2. The van der Waals surface area contributed by atoms with Crippen molar-refractivity contribution in [2.24, 2.45) is 0 Å². The number of hydrogen-bond donors (Lipinski definition) is 0. The number of carboxylic acid groups (broad SMARTS) is 6. The van der Waals surface area contributed by atoms with E-state index < -0.39 is 45.7 Å². The van der Waals surface area contributed by atoms with Crippen LogP contribution in [0, 0.1) is 20.2 Å². The lowest BCUT2D eigenvalue weighted by Crippen LogP contribution is -2.35. The third-order valence-electron chi connectivity index (χ3n) is 7.91. The van der Waals surface area contributed by atoms with Crippen LogP contribution in [0.2, 0.25) is 0 Å². The van der Waals surface area contributed by atoms with Gasteiger partial charge in [0.25, 0.3) is 23.2 Å². The molecule has 0 fully saturated rings. The molecule has 2 amide bonds. The number of hydrogen-bond acceptors (Lipinski definition) is 22. The minimum absolute atomic E-state index is 0.106. The molecule has 2 aromatic carbocycles. The van der Waals surface area contributed by atoms with Gasteiger partial charge in [0.05, 0.1) is 69.9 Å². The van der Waals surface area contributed by atoms with Gasteiger partial charge in [0.1, 0.15) is 23.7 Å². The first kappa shape index (κ1) is 57.7. The van der Waals surface area contributed by atoms with Crippen LogP contribution >= 0.6 is 0 Å². The standard InChI is InChI=1S/2C14H19N3O4.3C4H4O4/c2*1-15(2)7-6-11-9-16(3)14(18)12-8-10(17(19)20)4-5-13(12)21-11;3*5-3(6)1-2-4(7)8/h2*4-5,8,11H,6-7,9H2,1-3H3;3*1-2H,(H,5,6)(H,7,8)/p-6/b;;3*2-1+. The zero-order chi connectivity index (χ0) is 50.8. The third-order valence-corrected chi connectivity index (χ3v) is 7.91. The molecule has 0 saturated heterocycles. The minimum atomic E-state index is -1.55. The average molecular weight is 929 g/mol. The van der Waals surface area contributed by atoms with Crippen LogP contribution in [-0.4, -0.2) is 158 Å². The van der Waals surface area contributed by atoms with E-state index in [4.69, 9.17) is 9.47 Å². The predicted molar refractivity (Wildman–Crippen MR) is 213 cm³/mol. The molecule has 2 aromatic rings. The van der Waals surface area contributed by atoms with Gasteiger partial charge in [0, 0.05) is 51.5 Å². The number of carbonyl (C=O) groups is 8. The Bertz CT molecular complexity index is 1940. The number of benzene rings is 2. The molecular weight excluding hydrogens is 884 g/mol. The summed E-state index contributed by atoms with van der Waals surface area (Å²) in [6.45, 7) is 2.62. The Labute approximate surface area is 375 Å². The summed E-state index contributed by atoms with van der Waals surface area (Å²) in [5.74, 6) is -8.95. The molecule has 0 aromatic heterocycles. The van der Waals surface area contributed by atoms with E-state index in [1.807, 2.05) is 38.0 Å². The van der Waals surface area contributed by atoms with Gasteiger partial charge in [-0.2, -0.15) is 0 Å². The normalized spacial score (nSPS) is 15.0. The van der Waals surface area contributed by atoms with Crippen molar-refractivity contribution in [2.45, 2.75) is 25.0 Å². The van der Waals surface area contributed by atoms with Gasteiger partial charge in [0.2, 0.25) is 0 Å². The van der Waals surface area contributed by atoms with Crippen molar-refractivity contribution in [1.82, 2.24) is 19.6 Å². The number of carboxylic acids is 6. The van der Waals surface area contributed by atoms with Crippen molar-refractivity contribution >= 4 is 59.0 Å². The van der Waals surface area contributed by atoms with Gasteiger partial charge in [0.15, 0.2) is 0 Å². The monoisotopic (exact) mass is 928 g/mol. The summed E-state index contributed by atoms with van der Waals surface area (Å²) in [6, 6.07) is 8.30. The molecule has 0 radical (unpaired) electrons. The van der Waals surface area contributed by atoms with E-state index in [0.29, 0.717) is 61.0 Å². The number of fused-ring (bicyclic) bond motifs is 2. The first-order valence-electron chi connectivity index (χ1n) is 18.7. The Morgan fingerprint density at radius 3 is 1.03 bits per heavy atom. The topological polar surface area (TPSA) is 393 Å². The van der Waals surface area contributed by atoms with Crippen molar-refractivity contribution in [3.63, 3.8) is 0 Å². The molecular formula is C40H44N6O20-6. The highest BCUT2D eigenvalue weighted by atomic mass is 16.6. The molecule has 0 bridgehead atoms. The summed E-state index contributed by atoms with van der Waals surface area (Å²) in [5, 5.41) is 78.2. The molecule has 2 unspecified atom stereocenters. The smallest absolute Gasteiger partial charge is 0.270 e.